The van der Waals surface area contributed by atoms with Crippen LogP contribution in [0.2, 0.25) is 4.34 Å². The highest BCUT2D eigenvalue weighted by molar-refractivity contribution is 7.16. The lowest BCUT2D eigenvalue weighted by Crippen LogP contribution is -2.58. The number of anilines is 1. The lowest BCUT2D eigenvalue weighted by atomic mass is 10.3. The summed E-state index contributed by atoms with van der Waals surface area (Å²) in [6.45, 7) is 1.81. The first-order valence-corrected chi connectivity index (χ1v) is 6.79. The fourth-order valence-electron chi connectivity index (χ4n) is 1.46. The van der Waals surface area contributed by atoms with Gasteiger partial charge in [0.2, 0.25) is 0 Å². The summed E-state index contributed by atoms with van der Waals surface area (Å²) in [5.41, 5.74) is -0.00872. The van der Waals surface area contributed by atoms with Crippen molar-refractivity contribution in [1.29, 1.82) is 0 Å². The predicted octanol–water partition coefficient (Wildman–Crippen LogP) is 0.244. The van der Waals surface area contributed by atoms with E-state index in [-0.39, 0.29) is 22.9 Å². The lowest BCUT2D eigenvalue weighted by Gasteiger charge is -2.48. The summed E-state index contributed by atoms with van der Waals surface area (Å²) in [7, 11) is 0. The van der Waals surface area contributed by atoms with Crippen LogP contribution in [0, 0.1) is 0 Å². The molecule has 108 valence electrons. The largest absolute Gasteiger partial charge is 0.843 e. The van der Waals surface area contributed by atoms with Crippen molar-refractivity contribution in [3.05, 3.63) is 33.1 Å². The topological polar surface area (TPSA) is 113 Å². The van der Waals surface area contributed by atoms with E-state index in [9.17, 15) is 15.0 Å². The number of thiophene rings is 1. The van der Waals surface area contributed by atoms with E-state index >= 15 is 0 Å². The van der Waals surface area contributed by atoms with Crippen LogP contribution in [-0.4, -0.2) is 22.8 Å². The van der Waals surface area contributed by atoms with Crippen molar-refractivity contribution in [2.45, 2.75) is 12.8 Å². The molecule has 0 aliphatic carbocycles. The van der Waals surface area contributed by atoms with Crippen molar-refractivity contribution in [2.75, 3.05) is 11.9 Å². The van der Waals surface area contributed by atoms with E-state index in [0.29, 0.717) is 4.34 Å². The van der Waals surface area contributed by atoms with E-state index in [4.69, 9.17) is 16.3 Å². The number of nitrogens with zero attached hydrogens (tertiary/aromatic N) is 1. The van der Waals surface area contributed by atoms with Crippen LogP contribution < -0.4 is 15.5 Å². The summed E-state index contributed by atoms with van der Waals surface area (Å²) in [6, 6.07) is 2.79. The molecular formula is C11H10ClN3O4S-2. The Bertz CT molecular complexity index is 610. The summed E-state index contributed by atoms with van der Waals surface area (Å²) in [5, 5.41) is 32.2. The minimum atomic E-state index is -2.88. The first-order chi connectivity index (χ1) is 9.44. The minimum absolute atomic E-state index is 0.00872. The van der Waals surface area contributed by atoms with Crippen LogP contribution in [0.15, 0.2) is 18.3 Å². The van der Waals surface area contributed by atoms with Crippen molar-refractivity contribution in [3.63, 3.8) is 0 Å². The highest BCUT2D eigenvalue weighted by atomic mass is 35.5. The SMILES string of the molecule is CCOC(=O)c1cn[nH]c1NC([O-])([O-])c1ccc(Cl)s1. The Kier molecular flexibility index (Phi) is 4.29. The number of ether oxygens (including phenoxy) is 1. The van der Waals surface area contributed by atoms with Crippen LogP contribution in [0.3, 0.4) is 0 Å². The molecule has 0 radical (unpaired) electrons. The zero-order valence-corrected chi connectivity index (χ0v) is 11.9. The fourth-order valence-corrected chi connectivity index (χ4v) is 2.44. The van der Waals surface area contributed by atoms with Crippen LogP contribution >= 0.6 is 22.9 Å². The van der Waals surface area contributed by atoms with Crippen LogP contribution in [0.1, 0.15) is 22.2 Å². The maximum Gasteiger partial charge on any atom is 0.343 e. The molecule has 2 rings (SSSR count). The van der Waals surface area contributed by atoms with E-state index < -0.39 is 11.9 Å². The average molecular weight is 316 g/mol. The second-order valence-corrected chi connectivity index (χ2v) is 5.44. The Hall–Kier alpha value is -1.61. The number of rotatable bonds is 5. The molecule has 0 aliphatic heterocycles. The zero-order valence-electron chi connectivity index (χ0n) is 10.3. The minimum Gasteiger partial charge on any atom is -0.843 e. The van der Waals surface area contributed by atoms with Crippen molar-refractivity contribution < 1.29 is 19.7 Å². The molecule has 0 atom stereocenters. The van der Waals surface area contributed by atoms with Crippen molar-refractivity contribution >= 4 is 34.7 Å². The lowest BCUT2D eigenvalue weighted by molar-refractivity contribution is -0.723. The molecule has 2 N–H and O–H groups in total. The van der Waals surface area contributed by atoms with Gasteiger partial charge in [-0.3, -0.25) is 5.10 Å². The van der Waals surface area contributed by atoms with E-state index in [1.54, 1.807) is 6.92 Å². The van der Waals surface area contributed by atoms with Gasteiger partial charge in [-0.25, -0.2) is 4.79 Å². The molecule has 2 heterocycles. The third-order valence-electron chi connectivity index (χ3n) is 2.32. The Morgan fingerprint density at radius 2 is 2.35 bits per heavy atom. The third kappa shape index (κ3) is 3.10. The molecule has 0 amide bonds. The number of esters is 1. The van der Waals surface area contributed by atoms with Gasteiger partial charge in [-0.15, -0.1) is 11.3 Å². The molecule has 0 saturated carbocycles. The number of hydrogen-bond donors (Lipinski definition) is 2. The van der Waals surface area contributed by atoms with Gasteiger partial charge in [0, 0.05) is 0 Å². The van der Waals surface area contributed by atoms with Gasteiger partial charge in [0.15, 0.2) is 0 Å². The van der Waals surface area contributed by atoms with Gasteiger partial charge < -0.3 is 20.3 Å². The summed E-state index contributed by atoms with van der Waals surface area (Å²) >= 11 is 6.56. The van der Waals surface area contributed by atoms with E-state index in [2.05, 4.69) is 15.5 Å². The molecule has 20 heavy (non-hydrogen) atoms. The van der Waals surface area contributed by atoms with Gasteiger partial charge in [0.1, 0.15) is 11.4 Å². The van der Waals surface area contributed by atoms with Crippen LogP contribution in [0.5, 0.6) is 0 Å². The van der Waals surface area contributed by atoms with Crippen LogP contribution in [0.4, 0.5) is 5.82 Å². The number of halogens is 1. The smallest absolute Gasteiger partial charge is 0.343 e. The van der Waals surface area contributed by atoms with E-state index in [1.807, 2.05) is 0 Å². The van der Waals surface area contributed by atoms with Gasteiger partial charge in [-0.05, 0) is 23.9 Å². The van der Waals surface area contributed by atoms with Crippen LogP contribution in [0.25, 0.3) is 0 Å². The first-order valence-electron chi connectivity index (χ1n) is 5.59. The highest BCUT2D eigenvalue weighted by Crippen LogP contribution is 2.27. The fraction of sp³-hybridized carbons (Fsp3) is 0.273. The molecule has 0 aliphatic rings. The second kappa shape index (κ2) is 5.80. The standard InChI is InChI=1S/C11H10ClN3O4S/c1-2-19-10(16)6-5-13-15-9(6)14-11(17,18)7-3-4-8(12)20-7/h3-5H,2H2,1H3,(H2,13,14,15)/q-2. The van der Waals surface area contributed by atoms with E-state index in [0.717, 1.165) is 11.3 Å². The first kappa shape index (κ1) is 14.8. The monoisotopic (exact) mass is 315 g/mol. The zero-order chi connectivity index (χ0) is 14.8. The van der Waals surface area contributed by atoms with Gasteiger partial charge in [0.25, 0.3) is 0 Å². The Balaban J connectivity index is 2.22. The molecule has 0 bridgehead atoms. The Labute approximate surface area is 123 Å². The quantitative estimate of drug-likeness (QED) is 0.604. The number of hydrogen-bond acceptors (Lipinski definition) is 7. The van der Waals surface area contributed by atoms with Crippen molar-refractivity contribution in [2.24, 2.45) is 0 Å². The van der Waals surface area contributed by atoms with Crippen LogP contribution in [-0.2, 0) is 10.6 Å². The molecule has 0 unspecified atom stereocenters. The number of nitrogens with one attached hydrogen (secondary N) is 2. The molecular weight excluding hydrogens is 306 g/mol. The molecule has 0 spiro atoms. The third-order valence-corrected chi connectivity index (χ3v) is 3.64. The molecule has 9 heteroatoms. The number of H-pyrrole nitrogens is 1. The second-order valence-electron chi connectivity index (χ2n) is 3.72. The number of carbonyl (C=O) groups is 1. The average Bonchev–Trinajstić information content (AvgIpc) is 2.98. The highest BCUT2D eigenvalue weighted by Gasteiger charge is 2.17. The van der Waals surface area contributed by atoms with E-state index in [1.165, 1.54) is 18.3 Å². The van der Waals surface area contributed by atoms with Crippen molar-refractivity contribution in [3.8, 4) is 0 Å². The van der Waals surface area contributed by atoms with Gasteiger partial charge in [-0.2, -0.15) is 5.10 Å². The Morgan fingerprint density at radius 3 is 2.95 bits per heavy atom. The molecule has 0 fully saturated rings. The number of aromatic nitrogens is 2. The Morgan fingerprint density at radius 1 is 1.60 bits per heavy atom. The predicted molar refractivity (Wildman–Crippen MR) is 69.2 cm³/mol. The van der Waals surface area contributed by atoms with Gasteiger partial charge in [0.05, 0.1) is 17.1 Å². The summed E-state index contributed by atoms with van der Waals surface area (Å²) < 4.78 is 5.12. The maximum absolute atomic E-state index is 12.0. The molecule has 0 aromatic carbocycles. The number of aromatic amines is 1. The normalized spacial score (nSPS) is 11.4. The molecule has 2 aromatic rings. The van der Waals surface area contributed by atoms with Gasteiger partial charge in [-0.1, -0.05) is 17.5 Å². The van der Waals surface area contributed by atoms with Gasteiger partial charge >= 0.3 is 5.97 Å². The molecule has 7 nitrogen and oxygen atoms in total. The molecule has 0 saturated heterocycles. The molecule has 2 aromatic heterocycles. The maximum atomic E-state index is 12.0. The summed E-state index contributed by atoms with van der Waals surface area (Å²) in [6.07, 6.45) is 1.18. The summed E-state index contributed by atoms with van der Waals surface area (Å²) in [4.78, 5) is 11.6. The summed E-state index contributed by atoms with van der Waals surface area (Å²) in [5.74, 6) is -3.65. The number of carbonyl (C=O) groups excluding carboxylic acids is 1. The van der Waals surface area contributed by atoms with Crippen molar-refractivity contribution in [1.82, 2.24) is 10.2 Å².